The highest BCUT2D eigenvalue weighted by Crippen LogP contribution is 2.17. The second kappa shape index (κ2) is 5.98. The molecule has 0 bridgehead atoms. The third-order valence-electron chi connectivity index (χ3n) is 2.44. The lowest BCUT2D eigenvalue weighted by Gasteiger charge is -2.13. The molecule has 1 fully saturated rings. The average Bonchev–Trinajstić information content (AvgIpc) is 2.95. The molecule has 4 nitrogen and oxygen atoms in total. The summed E-state index contributed by atoms with van der Waals surface area (Å²) in [5, 5.41) is 6.07. The van der Waals surface area contributed by atoms with Gasteiger partial charge in [0, 0.05) is 19.1 Å². The molecule has 1 rings (SSSR count). The summed E-state index contributed by atoms with van der Waals surface area (Å²) in [5.74, 6) is 0.131. The molecule has 0 aromatic rings. The fourth-order valence-corrected chi connectivity index (χ4v) is 1.14. The lowest BCUT2D eigenvalue weighted by atomic mass is 10.5. The summed E-state index contributed by atoms with van der Waals surface area (Å²) in [6, 6.07) is 0.475. The molecule has 0 aromatic carbocycles. The van der Waals surface area contributed by atoms with Gasteiger partial charge in [-0.15, -0.1) is 0 Å². The Hall–Kier alpha value is -0.610. The number of hydrogen-bond donors (Lipinski definition) is 2. The molecule has 4 heteroatoms. The van der Waals surface area contributed by atoms with Crippen LogP contribution < -0.4 is 10.6 Å². The van der Waals surface area contributed by atoms with E-state index in [1.165, 1.54) is 0 Å². The molecule has 1 saturated carbocycles. The van der Waals surface area contributed by atoms with Gasteiger partial charge in [0.2, 0.25) is 5.91 Å². The van der Waals surface area contributed by atoms with Gasteiger partial charge in [-0.25, -0.2) is 0 Å². The van der Waals surface area contributed by atoms with E-state index in [1.54, 1.807) is 0 Å². The number of likely N-dealkylation sites (N-methyl/N-ethyl adjacent to an activating group) is 1. The summed E-state index contributed by atoms with van der Waals surface area (Å²) < 4.78 is 0. The minimum Gasteiger partial charge on any atom is -0.352 e. The van der Waals surface area contributed by atoms with Gasteiger partial charge in [-0.3, -0.25) is 4.79 Å². The summed E-state index contributed by atoms with van der Waals surface area (Å²) >= 11 is 0. The molecule has 0 aliphatic heterocycles. The van der Waals surface area contributed by atoms with Gasteiger partial charge in [-0.2, -0.15) is 0 Å². The molecule has 1 amide bonds. The second-order valence-corrected chi connectivity index (χ2v) is 3.91. The Kier molecular flexibility index (Phi) is 4.90. The topological polar surface area (TPSA) is 44.4 Å². The smallest absolute Gasteiger partial charge is 0.234 e. The van der Waals surface area contributed by atoms with E-state index in [9.17, 15) is 4.79 Å². The van der Waals surface area contributed by atoms with Crippen molar-refractivity contribution in [2.75, 3.05) is 33.2 Å². The molecule has 0 spiro atoms. The molecule has 0 atom stereocenters. The lowest BCUT2D eigenvalue weighted by molar-refractivity contribution is -0.120. The molecule has 82 valence electrons. The molecule has 0 saturated heterocycles. The Labute approximate surface area is 86.0 Å². The fraction of sp³-hybridized carbons (Fsp3) is 0.900. The first-order valence-corrected chi connectivity index (χ1v) is 5.41. The average molecular weight is 199 g/mol. The predicted octanol–water partition coefficient (Wildman–Crippen LogP) is -0.194. The van der Waals surface area contributed by atoms with Crippen LogP contribution in [0.3, 0.4) is 0 Å². The molecule has 14 heavy (non-hydrogen) atoms. The van der Waals surface area contributed by atoms with Crippen LogP contribution in [0.2, 0.25) is 0 Å². The molecule has 0 aromatic heterocycles. The molecule has 0 heterocycles. The first-order chi connectivity index (χ1) is 6.72. The molecule has 1 aliphatic rings. The van der Waals surface area contributed by atoms with Gasteiger partial charge in [0.05, 0.1) is 6.54 Å². The summed E-state index contributed by atoms with van der Waals surface area (Å²) in [5.41, 5.74) is 0. The summed E-state index contributed by atoms with van der Waals surface area (Å²) in [6.07, 6.45) is 2.31. The molecular formula is C10H21N3O. The standard InChI is InChI=1S/C10H21N3O/c1-3-13(2)7-6-11-8-10(14)12-9-4-5-9/h9,11H,3-8H2,1-2H3,(H,12,14). The summed E-state index contributed by atoms with van der Waals surface area (Å²) in [6.45, 7) is 5.50. The van der Waals surface area contributed by atoms with E-state index >= 15 is 0 Å². The maximum absolute atomic E-state index is 11.2. The zero-order valence-electron chi connectivity index (χ0n) is 9.18. The zero-order valence-corrected chi connectivity index (χ0v) is 9.18. The van der Waals surface area contributed by atoms with Crippen LogP contribution >= 0.6 is 0 Å². The Morgan fingerprint density at radius 3 is 2.79 bits per heavy atom. The van der Waals surface area contributed by atoms with Crippen molar-refractivity contribution in [2.24, 2.45) is 0 Å². The van der Waals surface area contributed by atoms with Crippen LogP contribution in [0.25, 0.3) is 0 Å². The maximum Gasteiger partial charge on any atom is 0.234 e. The Morgan fingerprint density at radius 1 is 1.50 bits per heavy atom. The van der Waals surface area contributed by atoms with Gasteiger partial charge in [0.15, 0.2) is 0 Å². The van der Waals surface area contributed by atoms with Gasteiger partial charge in [-0.1, -0.05) is 6.92 Å². The highest BCUT2D eigenvalue weighted by Gasteiger charge is 2.22. The van der Waals surface area contributed by atoms with Crippen LogP contribution in [0.4, 0.5) is 0 Å². The van der Waals surface area contributed by atoms with Crippen LogP contribution in [0.1, 0.15) is 19.8 Å². The summed E-state index contributed by atoms with van der Waals surface area (Å²) in [4.78, 5) is 13.4. The first-order valence-electron chi connectivity index (χ1n) is 5.41. The Bertz CT molecular complexity index is 180. The highest BCUT2D eigenvalue weighted by molar-refractivity contribution is 5.78. The minimum absolute atomic E-state index is 0.131. The SMILES string of the molecule is CCN(C)CCNCC(=O)NC1CC1. The molecule has 0 radical (unpaired) electrons. The molecule has 0 unspecified atom stereocenters. The van der Waals surface area contributed by atoms with Crippen molar-refractivity contribution in [2.45, 2.75) is 25.8 Å². The van der Waals surface area contributed by atoms with Crippen LogP contribution in [0.5, 0.6) is 0 Å². The van der Waals surface area contributed by atoms with E-state index in [0.717, 1.165) is 32.5 Å². The third-order valence-corrected chi connectivity index (χ3v) is 2.44. The van der Waals surface area contributed by atoms with Gasteiger partial charge in [0.25, 0.3) is 0 Å². The van der Waals surface area contributed by atoms with Crippen molar-refractivity contribution in [3.63, 3.8) is 0 Å². The van der Waals surface area contributed by atoms with Crippen molar-refractivity contribution < 1.29 is 4.79 Å². The Morgan fingerprint density at radius 2 is 2.21 bits per heavy atom. The normalized spacial score (nSPS) is 15.9. The van der Waals surface area contributed by atoms with Gasteiger partial charge >= 0.3 is 0 Å². The number of rotatable bonds is 7. The number of carbonyl (C=O) groups is 1. The quantitative estimate of drug-likeness (QED) is 0.558. The zero-order chi connectivity index (χ0) is 10.4. The van der Waals surface area contributed by atoms with Gasteiger partial charge < -0.3 is 15.5 Å². The number of nitrogens with one attached hydrogen (secondary N) is 2. The van der Waals surface area contributed by atoms with E-state index in [1.807, 2.05) is 0 Å². The van der Waals surface area contributed by atoms with Crippen LogP contribution in [0, 0.1) is 0 Å². The van der Waals surface area contributed by atoms with Crippen molar-refractivity contribution in [3.8, 4) is 0 Å². The van der Waals surface area contributed by atoms with Crippen molar-refractivity contribution in [1.29, 1.82) is 0 Å². The van der Waals surface area contributed by atoms with Crippen molar-refractivity contribution in [1.82, 2.24) is 15.5 Å². The molecule has 2 N–H and O–H groups in total. The largest absolute Gasteiger partial charge is 0.352 e. The molecular weight excluding hydrogens is 178 g/mol. The van der Waals surface area contributed by atoms with Crippen LogP contribution in [0.15, 0.2) is 0 Å². The highest BCUT2D eigenvalue weighted by atomic mass is 16.2. The van der Waals surface area contributed by atoms with E-state index in [2.05, 4.69) is 29.5 Å². The maximum atomic E-state index is 11.2. The second-order valence-electron chi connectivity index (χ2n) is 3.91. The summed E-state index contributed by atoms with van der Waals surface area (Å²) in [7, 11) is 2.08. The fourth-order valence-electron chi connectivity index (χ4n) is 1.14. The number of hydrogen-bond acceptors (Lipinski definition) is 3. The predicted molar refractivity (Wildman–Crippen MR) is 57.2 cm³/mol. The Balaban J connectivity index is 1.89. The van der Waals surface area contributed by atoms with Crippen LogP contribution in [-0.4, -0.2) is 50.1 Å². The van der Waals surface area contributed by atoms with E-state index < -0.39 is 0 Å². The minimum atomic E-state index is 0.131. The monoisotopic (exact) mass is 199 g/mol. The third kappa shape index (κ3) is 5.19. The van der Waals surface area contributed by atoms with E-state index in [4.69, 9.17) is 0 Å². The first kappa shape index (κ1) is 11.5. The van der Waals surface area contributed by atoms with E-state index in [-0.39, 0.29) is 5.91 Å². The molecule has 1 aliphatic carbocycles. The van der Waals surface area contributed by atoms with Crippen molar-refractivity contribution >= 4 is 5.91 Å². The lowest BCUT2D eigenvalue weighted by Crippen LogP contribution is -2.38. The van der Waals surface area contributed by atoms with Crippen LogP contribution in [-0.2, 0) is 4.79 Å². The number of amides is 1. The number of nitrogens with zero attached hydrogens (tertiary/aromatic N) is 1. The van der Waals surface area contributed by atoms with Crippen molar-refractivity contribution in [3.05, 3.63) is 0 Å². The van der Waals surface area contributed by atoms with E-state index in [0.29, 0.717) is 12.6 Å². The van der Waals surface area contributed by atoms with Gasteiger partial charge in [-0.05, 0) is 26.4 Å². The van der Waals surface area contributed by atoms with Gasteiger partial charge in [0.1, 0.15) is 0 Å². The number of carbonyl (C=O) groups excluding carboxylic acids is 1.